The molecule has 3 rings (SSSR count). The van der Waals surface area contributed by atoms with E-state index >= 15 is 0 Å². The third-order valence-electron chi connectivity index (χ3n) is 3.40. The molecule has 2 heterocycles. The number of nitrogens with zero attached hydrogens (tertiary/aromatic N) is 4. The maximum Gasteiger partial charge on any atom is 0.272 e. The number of carbonyl (C=O) groups is 1. The van der Waals surface area contributed by atoms with Crippen molar-refractivity contribution in [3.05, 3.63) is 78.1 Å². The maximum absolute atomic E-state index is 14.2. The zero-order chi connectivity index (χ0) is 16.2. The molecule has 23 heavy (non-hydrogen) atoms. The second kappa shape index (κ2) is 6.35. The number of carbonyl (C=O) groups excluding carboxylic acids is 1. The average molecular weight is 311 g/mol. The molecular weight excluding hydrogens is 297 g/mol. The minimum absolute atomic E-state index is 0.156. The van der Waals surface area contributed by atoms with Crippen molar-refractivity contribution in [3.8, 4) is 0 Å². The number of amides is 1. The van der Waals surface area contributed by atoms with E-state index in [0.29, 0.717) is 11.4 Å². The lowest BCUT2D eigenvalue weighted by Crippen LogP contribution is -2.32. The van der Waals surface area contributed by atoms with Crippen molar-refractivity contribution in [1.29, 1.82) is 0 Å². The highest BCUT2D eigenvalue weighted by Gasteiger charge is 2.24. The summed E-state index contributed by atoms with van der Waals surface area (Å²) in [5.41, 5.74) is 0.488. The molecule has 0 radical (unpaired) electrons. The van der Waals surface area contributed by atoms with Gasteiger partial charge in [-0.15, -0.1) is 0 Å². The van der Waals surface area contributed by atoms with Gasteiger partial charge in [0.05, 0.1) is 6.20 Å². The lowest BCUT2D eigenvalue weighted by molar-refractivity contribution is 0.0935. The van der Waals surface area contributed by atoms with Crippen LogP contribution in [0.15, 0.2) is 55.2 Å². The standard InChI is InChI=1S/C16H14FN5O/c1-22-9-8-20-15(22)14(11-4-2-3-5-12(11)17)21-16(23)13-10-18-6-7-19-13/h2-10,14H,1H3,(H,21,23)/t14-/m1/s1. The number of nitrogens with one attached hydrogen (secondary N) is 1. The summed E-state index contributed by atoms with van der Waals surface area (Å²) in [7, 11) is 1.78. The molecule has 1 N–H and O–H groups in total. The Hall–Kier alpha value is -3.09. The van der Waals surface area contributed by atoms with Crippen LogP contribution in [0.5, 0.6) is 0 Å². The van der Waals surface area contributed by atoms with Crippen LogP contribution in [0.3, 0.4) is 0 Å². The summed E-state index contributed by atoms with van der Waals surface area (Å²) in [6, 6.07) is 5.54. The minimum atomic E-state index is -0.731. The first-order valence-electron chi connectivity index (χ1n) is 6.95. The quantitative estimate of drug-likeness (QED) is 0.798. The first-order chi connectivity index (χ1) is 11.2. The molecule has 0 bridgehead atoms. The Morgan fingerprint density at radius 2 is 2.04 bits per heavy atom. The van der Waals surface area contributed by atoms with E-state index in [9.17, 15) is 9.18 Å². The van der Waals surface area contributed by atoms with Crippen LogP contribution in [0.2, 0.25) is 0 Å². The van der Waals surface area contributed by atoms with E-state index in [-0.39, 0.29) is 5.69 Å². The van der Waals surface area contributed by atoms with E-state index in [2.05, 4.69) is 20.3 Å². The minimum Gasteiger partial charge on any atom is -0.336 e. The molecule has 2 aromatic heterocycles. The molecular formula is C16H14FN5O. The van der Waals surface area contributed by atoms with Crippen molar-refractivity contribution in [2.45, 2.75) is 6.04 Å². The first-order valence-corrected chi connectivity index (χ1v) is 6.95. The summed E-state index contributed by atoms with van der Waals surface area (Å²) >= 11 is 0. The first kappa shape index (κ1) is 14.8. The molecule has 0 fully saturated rings. The van der Waals surface area contributed by atoms with Gasteiger partial charge < -0.3 is 9.88 Å². The van der Waals surface area contributed by atoms with Crippen molar-refractivity contribution >= 4 is 5.91 Å². The predicted molar refractivity (Wildman–Crippen MR) is 80.9 cm³/mol. The highest BCUT2D eigenvalue weighted by atomic mass is 19.1. The highest BCUT2D eigenvalue weighted by molar-refractivity contribution is 5.92. The number of hydrogen-bond acceptors (Lipinski definition) is 4. The number of aryl methyl sites for hydroxylation is 1. The van der Waals surface area contributed by atoms with Gasteiger partial charge in [-0.1, -0.05) is 18.2 Å². The largest absolute Gasteiger partial charge is 0.336 e. The summed E-state index contributed by atoms with van der Waals surface area (Å²) in [6.45, 7) is 0. The molecule has 0 unspecified atom stereocenters. The van der Waals surface area contributed by atoms with Crippen molar-refractivity contribution in [2.75, 3.05) is 0 Å². The number of hydrogen-bond donors (Lipinski definition) is 1. The van der Waals surface area contributed by atoms with Crippen molar-refractivity contribution in [3.63, 3.8) is 0 Å². The van der Waals surface area contributed by atoms with Crippen molar-refractivity contribution < 1.29 is 9.18 Å². The molecule has 0 aliphatic heterocycles. The molecule has 116 valence electrons. The summed E-state index contributed by atoms with van der Waals surface area (Å²) < 4.78 is 15.9. The van der Waals surface area contributed by atoms with Gasteiger partial charge in [-0.25, -0.2) is 14.4 Å². The number of halogens is 1. The number of imidazole rings is 1. The summed E-state index contributed by atoms with van der Waals surface area (Å²) in [4.78, 5) is 24.4. The molecule has 0 spiro atoms. The van der Waals surface area contributed by atoms with Gasteiger partial charge in [0.2, 0.25) is 0 Å². The van der Waals surface area contributed by atoms with Crippen LogP contribution in [0.1, 0.15) is 27.9 Å². The van der Waals surface area contributed by atoms with Gasteiger partial charge in [-0.3, -0.25) is 9.78 Å². The van der Waals surface area contributed by atoms with Gasteiger partial charge in [0.15, 0.2) is 0 Å². The van der Waals surface area contributed by atoms with Gasteiger partial charge in [-0.05, 0) is 6.07 Å². The zero-order valence-electron chi connectivity index (χ0n) is 12.3. The molecule has 1 atom stereocenters. The van der Waals surface area contributed by atoms with Gasteiger partial charge in [0, 0.05) is 37.4 Å². The van der Waals surface area contributed by atoms with Crippen molar-refractivity contribution in [2.24, 2.45) is 7.05 Å². The molecule has 0 saturated heterocycles. The maximum atomic E-state index is 14.2. The third-order valence-corrected chi connectivity index (χ3v) is 3.40. The third kappa shape index (κ3) is 3.08. The molecule has 0 aliphatic rings. The van der Waals surface area contributed by atoms with Gasteiger partial charge >= 0.3 is 0 Å². The summed E-state index contributed by atoms with van der Waals surface area (Å²) in [6.07, 6.45) is 7.58. The molecule has 1 aromatic carbocycles. The van der Waals surface area contributed by atoms with E-state index in [1.165, 1.54) is 24.7 Å². The summed E-state index contributed by atoms with van der Waals surface area (Å²) in [5.74, 6) is -0.346. The number of rotatable bonds is 4. The molecule has 1 amide bonds. The second-order valence-corrected chi connectivity index (χ2v) is 4.91. The van der Waals surface area contributed by atoms with E-state index in [1.54, 1.807) is 42.2 Å². The monoisotopic (exact) mass is 311 g/mol. The Balaban J connectivity index is 1.98. The Morgan fingerprint density at radius 1 is 1.22 bits per heavy atom. The fraction of sp³-hybridized carbons (Fsp3) is 0.125. The zero-order valence-corrected chi connectivity index (χ0v) is 12.3. The van der Waals surface area contributed by atoms with Gasteiger partial charge in [0.1, 0.15) is 23.4 Å². The topological polar surface area (TPSA) is 72.7 Å². The molecule has 7 heteroatoms. The Bertz CT molecular complexity index is 818. The van der Waals surface area contributed by atoms with Crippen LogP contribution in [-0.2, 0) is 7.05 Å². The van der Waals surface area contributed by atoms with Gasteiger partial charge in [0.25, 0.3) is 5.91 Å². The lowest BCUT2D eigenvalue weighted by atomic mass is 10.1. The summed E-state index contributed by atoms with van der Waals surface area (Å²) in [5, 5.41) is 2.77. The van der Waals surface area contributed by atoms with Crippen LogP contribution < -0.4 is 5.32 Å². The van der Waals surface area contributed by atoms with E-state index in [4.69, 9.17) is 0 Å². The average Bonchev–Trinajstić information content (AvgIpc) is 3.00. The predicted octanol–water partition coefficient (Wildman–Crippen LogP) is 1.87. The number of aromatic nitrogens is 4. The van der Waals surface area contributed by atoms with Crippen LogP contribution in [0.4, 0.5) is 4.39 Å². The van der Waals surface area contributed by atoms with E-state index in [1.807, 2.05) is 0 Å². The Labute approximate surface area is 132 Å². The molecule has 0 aliphatic carbocycles. The smallest absolute Gasteiger partial charge is 0.272 e. The van der Waals surface area contributed by atoms with Gasteiger partial charge in [-0.2, -0.15) is 0 Å². The van der Waals surface area contributed by atoms with E-state index in [0.717, 1.165) is 0 Å². The van der Waals surface area contributed by atoms with Crippen LogP contribution in [-0.4, -0.2) is 25.4 Å². The van der Waals surface area contributed by atoms with Crippen LogP contribution in [0, 0.1) is 5.82 Å². The highest BCUT2D eigenvalue weighted by Crippen LogP contribution is 2.23. The fourth-order valence-electron chi connectivity index (χ4n) is 2.27. The Kier molecular flexibility index (Phi) is 4.09. The second-order valence-electron chi connectivity index (χ2n) is 4.91. The Morgan fingerprint density at radius 3 is 2.70 bits per heavy atom. The van der Waals surface area contributed by atoms with Crippen molar-refractivity contribution in [1.82, 2.24) is 24.8 Å². The fourth-order valence-corrected chi connectivity index (χ4v) is 2.27. The normalized spacial score (nSPS) is 11.9. The lowest BCUT2D eigenvalue weighted by Gasteiger charge is -2.19. The van der Waals surface area contributed by atoms with Crippen LogP contribution >= 0.6 is 0 Å². The molecule has 0 saturated carbocycles. The molecule has 3 aromatic rings. The SMILES string of the molecule is Cn1ccnc1[C@H](NC(=O)c1cnccn1)c1ccccc1F. The van der Waals surface area contributed by atoms with E-state index < -0.39 is 17.8 Å². The van der Waals surface area contributed by atoms with Crippen LogP contribution in [0.25, 0.3) is 0 Å². The number of benzene rings is 1. The molecule has 6 nitrogen and oxygen atoms in total.